The lowest BCUT2D eigenvalue weighted by atomic mass is 9.90. The largest absolute Gasteiger partial charge is 0.369 e. The standard InChI is InChI=1S/C19H27N3O2/c20-18(23)13-22-9-7-17(8-10-22)21-19(24)12-14-5-6-15-3-1-2-4-16(15)11-14/h5-6,11,17H,1-4,7-10,12-13H2,(H2,20,23)(H,21,24). The van der Waals surface area contributed by atoms with E-state index in [9.17, 15) is 9.59 Å². The van der Waals surface area contributed by atoms with E-state index >= 15 is 0 Å². The van der Waals surface area contributed by atoms with Crippen molar-refractivity contribution in [3.8, 4) is 0 Å². The number of hydrogen-bond acceptors (Lipinski definition) is 3. The molecule has 1 saturated heterocycles. The maximum absolute atomic E-state index is 12.3. The first-order valence-electron chi connectivity index (χ1n) is 9.01. The molecule has 24 heavy (non-hydrogen) atoms. The Hall–Kier alpha value is -1.88. The summed E-state index contributed by atoms with van der Waals surface area (Å²) < 4.78 is 0. The number of hydrogen-bond donors (Lipinski definition) is 2. The van der Waals surface area contributed by atoms with E-state index in [4.69, 9.17) is 5.73 Å². The van der Waals surface area contributed by atoms with Crippen molar-refractivity contribution in [2.45, 2.75) is 51.0 Å². The molecule has 0 saturated carbocycles. The number of amides is 2. The highest BCUT2D eigenvalue weighted by Gasteiger charge is 2.21. The van der Waals surface area contributed by atoms with Crippen LogP contribution in [-0.2, 0) is 28.9 Å². The zero-order valence-electron chi connectivity index (χ0n) is 14.2. The molecular formula is C19H27N3O2. The number of rotatable bonds is 5. The van der Waals surface area contributed by atoms with Gasteiger partial charge >= 0.3 is 0 Å². The van der Waals surface area contributed by atoms with Crippen LogP contribution in [0, 0.1) is 0 Å². The second-order valence-corrected chi connectivity index (χ2v) is 7.07. The van der Waals surface area contributed by atoms with Crippen molar-refractivity contribution in [2.24, 2.45) is 5.73 Å². The molecule has 1 aromatic rings. The first kappa shape index (κ1) is 17.0. The van der Waals surface area contributed by atoms with Crippen molar-refractivity contribution in [3.05, 3.63) is 34.9 Å². The van der Waals surface area contributed by atoms with E-state index in [2.05, 4.69) is 28.4 Å². The van der Waals surface area contributed by atoms with Gasteiger partial charge in [-0.25, -0.2) is 0 Å². The maximum Gasteiger partial charge on any atom is 0.231 e. The Morgan fingerprint density at radius 3 is 2.54 bits per heavy atom. The minimum absolute atomic E-state index is 0.0964. The number of carbonyl (C=O) groups is 2. The number of aryl methyl sites for hydroxylation is 2. The summed E-state index contributed by atoms with van der Waals surface area (Å²) in [5.74, 6) is -0.191. The van der Waals surface area contributed by atoms with Crippen LogP contribution in [0.2, 0.25) is 0 Å². The molecule has 5 nitrogen and oxygen atoms in total. The fourth-order valence-electron chi connectivity index (χ4n) is 3.82. The monoisotopic (exact) mass is 329 g/mol. The van der Waals surface area contributed by atoms with Gasteiger partial charge in [-0.3, -0.25) is 14.5 Å². The maximum atomic E-state index is 12.3. The van der Waals surface area contributed by atoms with Crippen molar-refractivity contribution < 1.29 is 9.59 Å². The van der Waals surface area contributed by atoms with E-state index in [0.29, 0.717) is 13.0 Å². The second kappa shape index (κ2) is 7.79. The number of benzene rings is 1. The number of fused-ring (bicyclic) bond motifs is 1. The van der Waals surface area contributed by atoms with E-state index in [1.165, 1.54) is 30.4 Å². The minimum Gasteiger partial charge on any atom is -0.369 e. The topological polar surface area (TPSA) is 75.4 Å². The molecule has 0 bridgehead atoms. The quantitative estimate of drug-likeness (QED) is 0.851. The molecule has 1 aromatic carbocycles. The highest BCUT2D eigenvalue weighted by molar-refractivity contribution is 5.79. The molecule has 130 valence electrons. The predicted octanol–water partition coefficient (Wildman–Crippen LogP) is 1.17. The summed E-state index contributed by atoms with van der Waals surface area (Å²) in [4.78, 5) is 25.3. The smallest absolute Gasteiger partial charge is 0.231 e. The first-order chi connectivity index (χ1) is 11.6. The summed E-state index contributed by atoms with van der Waals surface area (Å²) in [5, 5.41) is 3.14. The fraction of sp³-hybridized carbons (Fsp3) is 0.579. The van der Waals surface area contributed by atoms with E-state index in [1.54, 1.807) is 0 Å². The number of nitrogens with zero attached hydrogens (tertiary/aromatic N) is 1. The van der Waals surface area contributed by atoms with Gasteiger partial charge < -0.3 is 11.1 Å². The molecule has 0 aromatic heterocycles. The first-order valence-corrected chi connectivity index (χ1v) is 9.01. The van der Waals surface area contributed by atoms with Gasteiger partial charge in [-0.2, -0.15) is 0 Å². The molecule has 0 spiro atoms. The highest BCUT2D eigenvalue weighted by Crippen LogP contribution is 2.22. The summed E-state index contributed by atoms with van der Waals surface area (Å²) in [7, 11) is 0. The van der Waals surface area contributed by atoms with Crippen molar-refractivity contribution in [3.63, 3.8) is 0 Å². The summed E-state index contributed by atoms with van der Waals surface area (Å²) in [6, 6.07) is 6.71. The molecule has 0 radical (unpaired) electrons. The average Bonchev–Trinajstić information content (AvgIpc) is 2.56. The van der Waals surface area contributed by atoms with Gasteiger partial charge in [0, 0.05) is 19.1 Å². The lowest BCUT2D eigenvalue weighted by Crippen LogP contribution is -2.47. The van der Waals surface area contributed by atoms with Crippen LogP contribution < -0.4 is 11.1 Å². The Kier molecular flexibility index (Phi) is 5.51. The third-order valence-corrected chi connectivity index (χ3v) is 5.11. The van der Waals surface area contributed by atoms with Gasteiger partial charge in [0.2, 0.25) is 11.8 Å². The van der Waals surface area contributed by atoms with Crippen LogP contribution in [0.15, 0.2) is 18.2 Å². The number of nitrogens with two attached hydrogens (primary N) is 1. The van der Waals surface area contributed by atoms with Crippen LogP contribution in [0.5, 0.6) is 0 Å². The molecule has 1 aliphatic carbocycles. The van der Waals surface area contributed by atoms with Crippen LogP contribution in [0.4, 0.5) is 0 Å². The van der Waals surface area contributed by atoms with Crippen LogP contribution >= 0.6 is 0 Å². The number of carbonyl (C=O) groups excluding carboxylic acids is 2. The Labute approximate surface area is 143 Å². The number of likely N-dealkylation sites (tertiary alicyclic amines) is 1. The zero-order chi connectivity index (χ0) is 16.9. The molecule has 1 fully saturated rings. The van der Waals surface area contributed by atoms with Gasteiger partial charge in [-0.05, 0) is 55.2 Å². The molecule has 3 N–H and O–H groups in total. The molecule has 1 aliphatic heterocycles. The van der Waals surface area contributed by atoms with Crippen molar-refractivity contribution in [1.29, 1.82) is 0 Å². The lowest BCUT2D eigenvalue weighted by molar-refractivity contribution is -0.122. The third-order valence-electron chi connectivity index (χ3n) is 5.11. The Balaban J connectivity index is 1.47. The van der Waals surface area contributed by atoms with E-state index in [-0.39, 0.29) is 17.9 Å². The average molecular weight is 329 g/mol. The van der Waals surface area contributed by atoms with Gasteiger partial charge in [0.1, 0.15) is 0 Å². The van der Waals surface area contributed by atoms with Gasteiger partial charge in [0.15, 0.2) is 0 Å². The Morgan fingerprint density at radius 2 is 1.83 bits per heavy atom. The zero-order valence-corrected chi connectivity index (χ0v) is 14.2. The Bertz CT molecular complexity index is 607. The van der Waals surface area contributed by atoms with E-state index < -0.39 is 0 Å². The van der Waals surface area contributed by atoms with Crippen LogP contribution in [0.3, 0.4) is 0 Å². The van der Waals surface area contributed by atoms with E-state index in [1.807, 2.05) is 0 Å². The summed E-state index contributed by atoms with van der Waals surface area (Å²) in [6.45, 7) is 1.94. The number of piperidine rings is 1. The van der Waals surface area contributed by atoms with E-state index in [0.717, 1.165) is 37.9 Å². The molecular weight excluding hydrogens is 302 g/mol. The van der Waals surface area contributed by atoms with Gasteiger partial charge in [-0.1, -0.05) is 18.2 Å². The second-order valence-electron chi connectivity index (χ2n) is 7.07. The van der Waals surface area contributed by atoms with Crippen molar-refractivity contribution in [1.82, 2.24) is 10.2 Å². The van der Waals surface area contributed by atoms with Crippen molar-refractivity contribution >= 4 is 11.8 Å². The van der Waals surface area contributed by atoms with Gasteiger partial charge in [-0.15, -0.1) is 0 Å². The predicted molar refractivity (Wildman–Crippen MR) is 93.6 cm³/mol. The van der Waals surface area contributed by atoms with Crippen LogP contribution in [0.25, 0.3) is 0 Å². The lowest BCUT2D eigenvalue weighted by Gasteiger charge is -2.31. The summed E-state index contributed by atoms with van der Waals surface area (Å²) in [5.41, 5.74) is 9.21. The molecule has 0 atom stereocenters. The third kappa shape index (κ3) is 4.57. The molecule has 1 heterocycles. The molecule has 2 amide bonds. The van der Waals surface area contributed by atoms with Gasteiger partial charge in [0.05, 0.1) is 13.0 Å². The number of nitrogens with one attached hydrogen (secondary N) is 1. The van der Waals surface area contributed by atoms with Crippen molar-refractivity contribution in [2.75, 3.05) is 19.6 Å². The minimum atomic E-state index is -0.287. The van der Waals surface area contributed by atoms with Crippen LogP contribution in [-0.4, -0.2) is 42.4 Å². The molecule has 3 rings (SSSR count). The Morgan fingerprint density at radius 1 is 1.12 bits per heavy atom. The van der Waals surface area contributed by atoms with Gasteiger partial charge in [0.25, 0.3) is 0 Å². The SMILES string of the molecule is NC(=O)CN1CCC(NC(=O)Cc2ccc3c(c2)CCCC3)CC1. The fourth-order valence-corrected chi connectivity index (χ4v) is 3.82. The highest BCUT2D eigenvalue weighted by atomic mass is 16.2. The number of primary amides is 1. The molecule has 2 aliphatic rings. The molecule has 0 unspecified atom stereocenters. The molecule has 5 heteroatoms. The summed E-state index contributed by atoms with van der Waals surface area (Å²) >= 11 is 0. The van der Waals surface area contributed by atoms with Crippen LogP contribution in [0.1, 0.15) is 42.4 Å². The normalized spacial score (nSPS) is 18.8. The summed E-state index contributed by atoms with van der Waals surface area (Å²) in [6.07, 6.45) is 7.06.